The predicted molar refractivity (Wildman–Crippen MR) is 164 cm³/mol. The number of hydrogen-bond donors (Lipinski definition) is 2. The fourth-order valence-electron chi connectivity index (χ4n) is 12.2. The van der Waals surface area contributed by atoms with E-state index in [1.807, 2.05) is 4.90 Å². The Balaban J connectivity index is 0.971. The molecule has 4 aliphatic carbocycles. The number of likely N-dealkylation sites (N-methyl/N-ethyl adjacent to an activating group) is 1. The van der Waals surface area contributed by atoms with E-state index in [9.17, 15) is 9.59 Å². The first-order chi connectivity index (χ1) is 20.0. The van der Waals surface area contributed by atoms with E-state index in [0.29, 0.717) is 34.7 Å². The van der Waals surface area contributed by atoms with Gasteiger partial charge in [-0.05, 0) is 118 Å². The monoisotopic (exact) mass is 582 g/mol. The van der Waals surface area contributed by atoms with Gasteiger partial charge in [-0.2, -0.15) is 0 Å². The number of nitrogens with one attached hydrogen (secondary N) is 2. The molecule has 2 amide bonds. The van der Waals surface area contributed by atoms with Gasteiger partial charge in [-0.15, -0.1) is 0 Å². The van der Waals surface area contributed by atoms with Crippen molar-refractivity contribution >= 4 is 11.8 Å². The minimum atomic E-state index is -0.0752. The number of ether oxygens (including phenoxy) is 1. The zero-order valence-corrected chi connectivity index (χ0v) is 27.1. The van der Waals surface area contributed by atoms with Gasteiger partial charge in [-0.1, -0.05) is 27.7 Å². The minimum absolute atomic E-state index is 0.00572. The Kier molecular flexibility index (Phi) is 7.54. The average Bonchev–Trinajstić information content (AvgIpc) is 3.40. The van der Waals surface area contributed by atoms with Crippen LogP contribution in [-0.2, 0) is 14.3 Å². The van der Waals surface area contributed by atoms with Crippen LogP contribution in [-0.4, -0.2) is 79.3 Å². The number of amides is 2. The van der Waals surface area contributed by atoms with Gasteiger partial charge in [0.1, 0.15) is 12.1 Å². The maximum absolute atomic E-state index is 12.9. The Morgan fingerprint density at radius 2 is 1.67 bits per heavy atom. The molecule has 3 heterocycles. The normalized spacial score (nSPS) is 50.5. The quantitative estimate of drug-likeness (QED) is 0.474. The maximum Gasteiger partial charge on any atom is 0.232 e. The number of carbonyl (C=O) groups is 2. The van der Waals surface area contributed by atoms with E-state index in [-0.39, 0.29) is 30.0 Å². The second kappa shape index (κ2) is 10.7. The second-order valence-corrected chi connectivity index (χ2v) is 16.7. The molecule has 7 nitrogen and oxygen atoms in total. The van der Waals surface area contributed by atoms with Crippen molar-refractivity contribution in [1.29, 1.82) is 0 Å². The van der Waals surface area contributed by atoms with Gasteiger partial charge in [0.15, 0.2) is 0 Å². The minimum Gasteiger partial charge on any atom is -0.357 e. The van der Waals surface area contributed by atoms with Crippen molar-refractivity contribution in [1.82, 2.24) is 20.4 Å². The van der Waals surface area contributed by atoms with Crippen LogP contribution in [0.25, 0.3) is 0 Å². The lowest BCUT2D eigenvalue weighted by atomic mass is 9.44. The van der Waals surface area contributed by atoms with E-state index < -0.39 is 0 Å². The Labute approximate surface area is 254 Å². The molecule has 12 atom stereocenters. The Morgan fingerprint density at radius 1 is 0.905 bits per heavy atom. The third kappa shape index (κ3) is 4.69. The molecule has 0 aromatic heterocycles. The molecule has 0 unspecified atom stereocenters. The zero-order chi connectivity index (χ0) is 29.4. The first-order valence-corrected chi connectivity index (χ1v) is 17.7. The molecule has 42 heavy (non-hydrogen) atoms. The Morgan fingerprint density at radius 3 is 2.40 bits per heavy atom. The number of piperazine rings is 1. The summed E-state index contributed by atoms with van der Waals surface area (Å²) in [5.41, 5.74) is 0.714. The molecule has 7 rings (SSSR count). The standard InChI is InChI=1S/C35H58N4O3/c1-22-8-13-35(36-21-22)23(2)32-29(42-35)19-28-26-7-6-24-18-25(9-11-33(24,3)27(26)10-12-34(28,32)4)37-30(40)20-31(41)39-16-14-38(5)15-17-39/h22-29,32,36H,6-21H2,1-5H3,(H,37,40)/t22-,23+,24-,25+,26-,27+,28+,29+,32+,33+,34+,35-/m1/s1. The molecule has 0 aromatic carbocycles. The fourth-order valence-corrected chi connectivity index (χ4v) is 12.2. The van der Waals surface area contributed by atoms with Gasteiger partial charge in [0.2, 0.25) is 11.8 Å². The van der Waals surface area contributed by atoms with Crippen LogP contribution in [0.5, 0.6) is 0 Å². The summed E-state index contributed by atoms with van der Waals surface area (Å²) in [6.07, 6.45) is 12.9. The number of fused-ring (bicyclic) bond motifs is 7. The van der Waals surface area contributed by atoms with Crippen LogP contribution in [0.3, 0.4) is 0 Å². The van der Waals surface area contributed by atoms with Crippen LogP contribution in [0.2, 0.25) is 0 Å². The number of piperidine rings is 1. The summed E-state index contributed by atoms with van der Waals surface area (Å²) in [7, 11) is 2.09. The topological polar surface area (TPSA) is 73.9 Å². The number of nitrogens with zero attached hydrogens (tertiary/aromatic N) is 2. The molecule has 7 aliphatic rings. The van der Waals surface area contributed by atoms with E-state index >= 15 is 0 Å². The molecule has 7 fully saturated rings. The van der Waals surface area contributed by atoms with Crippen molar-refractivity contribution in [2.75, 3.05) is 39.8 Å². The highest BCUT2D eigenvalue weighted by molar-refractivity contribution is 5.97. The smallest absolute Gasteiger partial charge is 0.232 e. The van der Waals surface area contributed by atoms with E-state index in [1.54, 1.807) is 0 Å². The molecule has 0 radical (unpaired) electrons. The van der Waals surface area contributed by atoms with Crippen LogP contribution >= 0.6 is 0 Å². The number of rotatable bonds is 3. The average molecular weight is 583 g/mol. The van der Waals surface area contributed by atoms with Crippen LogP contribution in [0.4, 0.5) is 0 Å². The molecule has 3 saturated heterocycles. The van der Waals surface area contributed by atoms with Crippen LogP contribution in [0, 0.1) is 52.3 Å². The highest BCUT2D eigenvalue weighted by Crippen LogP contribution is 2.71. The SMILES string of the molecule is C[C@@H]1CC[C@@]2(NC1)O[C@H]1C[C@H]3[C@@H]4CC[C@@H]5C[C@@H](NC(=O)CC(=O)N6CCN(C)CC6)CC[C@]5(C)[C@H]4CC[C@]3(C)[C@H]1[C@@H]2C. The summed E-state index contributed by atoms with van der Waals surface area (Å²) >= 11 is 0. The first kappa shape index (κ1) is 29.5. The van der Waals surface area contributed by atoms with Crippen molar-refractivity contribution in [2.24, 2.45) is 52.3 Å². The van der Waals surface area contributed by atoms with Gasteiger partial charge in [0.25, 0.3) is 0 Å². The van der Waals surface area contributed by atoms with Crippen LogP contribution in [0.1, 0.15) is 98.3 Å². The molecule has 0 aromatic rings. The summed E-state index contributed by atoms with van der Waals surface area (Å²) < 4.78 is 7.08. The molecule has 2 N–H and O–H groups in total. The summed E-state index contributed by atoms with van der Waals surface area (Å²) in [5.74, 6) is 5.08. The lowest BCUT2D eigenvalue weighted by molar-refractivity contribution is -0.139. The molecule has 1 spiro atoms. The van der Waals surface area contributed by atoms with Crippen LogP contribution < -0.4 is 10.6 Å². The lowest BCUT2D eigenvalue weighted by Crippen LogP contribution is -2.58. The van der Waals surface area contributed by atoms with Crippen molar-refractivity contribution in [3.63, 3.8) is 0 Å². The van der Waals surface area contributed by atoms with Crippen molar-refractivity contribution < 1.29 is 14.3 Å². The van der Waals surface area contributed by atoms with E-state index in [0.717, 1.165) is 69.2 Å². The van der Waals surface area contributed by atoms with Gasteiger partial charge < -0.3 is 19.9 Å². The van der Waals surface area contributed by atoms with Gasteiger partial charge in [0.05, 0.1) is 6.10 Å². The summed E-state index contributed by atoms with van der Waals surface area (Å²) in [5, 5.41) is 7.21. The predicted octanol–water partition coefficient (Wildman–Crippen LogP) is 4.65. The fraction of sp³-hybridized carbons (Fsp3) is 0.943. The largest absolute Gasteiger partial charge is 0.357 e. The maximum atomic E-state index is 12.9. The zero-order valence-electron chi connectivity index (χ0n) is 27.1. The summed E-state index contributed by atoms with van der Waals surface area (Å²) in [6, 6.07) is 0.225. The molecular weight excluding hydrogens is 524 g/mol. The van der Waals surface area contributed by atoms with E-state index in [2.05, 4.69) is 50.3 Å². The van der Waals surface area contributed by atoms with Gasteiger partial charge in [-0.25, -0.2) is 0 Å². The van der Waals surface area contributed by atoms with Crippen molar-refractivity contribution in [3.8, 4) is 0 Å². The molecule has 3 aliphatic heterocycles. The number of carbonyl (C=O) groups excluding carboxylic acids is 2. The third-order valence-corrected chi connectivity index (χ3v) is 14.7. The van der Waals surface area contributed by atoms with Crippen molar-refractivity contribution in [2.45, 2.75) is 116 Å². The summed E-state index contributed by atoms with van der Waals surface area (Å²) in [6.45, 7) is 14.5. The van der Waals surface area contributed by atoms with E-state index in [1.165, 1.54) is 51.4 Å². The lowest BCUT2D eigenvalue weighted by Gasteiger charge is -2.61. The molecule has 0 bridgehead atoms. The molecule has 7 heteroatoms. The Bertz CT molecular complexity index is 1050. The molecule has 236 valence electrons. The first-order valence-electron chi connectivity index (χ1n) is 17.7. The van der Waals surface area contributed by atoms with Crippen molar-refractivity contribution in [3.05, 3.63) is 0 Å². The third-order valence-electron chi connectivity index (χ3n) is 14.7. The van der Waals surface area contributed by atoms with Crippen LogP contribution in [0.15, 0.2) is 0 Å². The highest BCUT2D eigenvalue weighted by atomic mass is 16.5. The van der Waals surface area contributed by atoms with Gasteiger partial charge >= 0.3 is 0 Å². The number of hydrogen-bond acceptors (Lipinski definition) is 5. The summed E-state index contributed by atoms with van der Waals surface area (Å²) in [4.78, 5) is 29.8. The van der Waals surface area contributed by atoms with E-state index in [4.69, 9.17) is 4.74 Å². The highest BCUT2D eigenvalue weighted by Gasteiger charge is 2.68. The van der Waals surface area contributed by atoms with Gasteiger partial charge in [-0.3, -0.25) is 14.9 Å². The molecular formula is C35H58N4O3. The van der Waals surface area contributed by atoms with Gasteiger partial charge in [0, 0.05) is 44.7 Å². The second-order valence-electron chi connectivity index (χ2n) is 16.7. The Hall–Kier alpha value is -1.18. The molecule has 4 saturated carbocycles.